The van der Waals surface area contributed by atoms with E-state index in [1.165, 1.54) is 19.2 Å². The van der Waals surface area contributed by atoms with E-state index in [-0.39, 0.29) is 6.03 Å². The fourth-order valence-corrected chi connectivity index (χ4v) is 1.40. The van der Waals surface area contributed by atoms with E-state index in [4.69, 9.17) is 34.8 Å². The third kappa shape index (κ3) is 2.67. The van der Waals surface area contributed by atoms with Gasteiger partial charge in [0.2, 0.25) is 0 Å². The van der Waals surface area contributed by atoms with Crippen LogP contribution in [0.5, 0.6) is 0 Å². The molecule has 0 atom stereocenters. The average molecular weight is 254 g/mol. The molecular weight excluding hydrogens is 246 g/mol. The minimum atomic E-state index is -0.370. The maximum atomic E-state index is 11.0. The minimum Gasteiger partial charge on any atom is -0.341 e. The van der Waals surface area contributed by atoms with Gasteiger partial charge in [0.05, 0.1) is 20.8 Å². The fraction of sp³-hybridized carbons (Fsp3) is 0.125. The molecule has 0 saturated heterocycles. The van der Waals surface area contributed by atoms with E-state index in [2.05, 4.69) is 10.6 Å². The van der Waals surface area contributed by atoms with E-state index in [1.807, 2.05) is 0 Å². The van der Waals surface area contributed by atoms with Crippen molar-refractivity contribution in [1.82, 2.24) is 5.32 Å². The normalized spacial score (nSPS) is 9.71. The van der Waals surface area contributed by atoms with Crippen LogP contribution in [-0.2, 0) is 0 Å². The van der Waals surface area contributed by atoms with Gasteiger partial charge in [-0.15, -0.1) is 0 Å². The van der Waals surface area contributed by atoms with Gasteiger partial charge in [0.1, 0.15) is 0 Å². The fourth-order valence-electron chi connectivity index (χ4n) is 0.803. The summed E-state index contributed by atoms with van der Waals surface area (Å²) in [5.41, 5.74) is 0.417. The summed E-state index contributed by atoms with van der Waals surface area (Å²) in [5, 5.41) is 5.91. The standard InChI is InChI=1S/C8H7Cl3N2O/c1-12-8(14)13-7-3-5(10)4(9)2-6(7)11/h2-3H,1H3,(H2,12,13,14). The first-order chi connectivity index (χ1) is 6.54. The van der Waals surface area contributed by atoms with E-state index in [0.717, 1.165) is 0 Å². The van der Waals surface area contributed by atoms with Gasteiger partial charge in [-0.3, -0.25) is 0 Å². The van der Waals surface area contributed by atoms with Gasteiger partial charge in [-0.2, -0.15) is 0 Å². The quantitative estimate of drug-likeness (QED) is 0.740. The minimum absolute atomic E-state index is 0.336. The monoisotopic (exact) mass is 252 g/mol. The van der Waals surface area contributed by atoms with Crippen LogP contribution in [0.25, 0.3) is 0 Å². The van der Waals surface area contributed by atoms with Gasteiger partial charge in [0.15, 0.2) is 0 Å². The Morgan fingerprint density at radius 3 is 2.29 bits per heavy atom. The van der Waals surface area contributed by atoms with Gasteiger partial charge >= 0.3 is 6.03 Å². The number of nitrogens with one attached hydrogen (secondary N) is 2. The van der Waals surface area contributed by atoms with Crippen molar-refractivity contribution in [2.24, 2.45) is 0 Å². The molecule has 0 unspecified atom stereocenters. The maximum Gasteiger partial charge on any atom is 0.319 e. The Morgan fingerprint density at radius 1 is 1.14 bits per heavy atom. The molecule has 0 bridgehead atoms. The summed E-state index contributed by atoms with van der Waals surface area (Å²) in [6.07, 6.45) is 0. The second-order valence-corrected chi connectivity index (χ2v) is 3.67. The Morgan fingerprint density at radius 2 is 1.71 bits per heavy atom. The van der Waals surface area contributed by atoms with Gasteiger partial charge in [0, 0.05) is 7.05 Å². The lowest BCUT2D eigenvalue weighted by atomic mass is 10.3. The molecule has 0 heterocycles. The molecular formula is C8H7Cl3N2O. The van der Waals surface area contributed by atoms with Gasteiger partial charge in [-0.25, -0.2) is 4.79 Å². The van der Waals surface area contributed by atoms with Crippen molar-refractivity contribution in [3.63, 3.8) is 0 Å². The largest absolute Gasteiger partial charge is 0.341 e. The molecule has 0 aromatic heterocycles. The predicted octanol–water partition coefficient (Wildman–Crippen LogP) is 3.40. The highest BCUT2D eigenvalue weighted by atomic mass is 35.5. The lowest BCUT2D eigenvalue weighted by molar-refractivity contribution is 0.254. The van der Waals surface area contributed by atoms with Crippen LogP contribution in [0.15, 0.2) is 12.1 Å². The summed E-state index contributed by atoms with van der Waals surface area (Å²) in [5.74, 6) is 0. The van der Waals surface area contributed by atoms with Gasteiger partial charge in [0.25, 0.3) is 0 Å². The van der Waals surface area contributed by atoms with Crippen LogP contribution in [0.3, 0.4) is 0 Å². The molecule has 2 amide bonds. The SMILES string of the molecule is CNC(=O)Nc1cc(Cl)c(Cl)cc1Cl. The van der Waals surface area contributed by atoms with Crippen molar-refractivity contribution in [1.29, 1.82) is 0 Å². The smallest absolute Gasteiger partial charge is 0.319 e. The van der Waals surface area contributed by atoms with Crippen molar-refractivity contribution < 1.29 is 4.79 Å². The van der Waals surface area contributed by atoms with E-state index in [0.29, 0.717) is 20.8 Å². The molecule has 2 N–H and O–H groups in total. The third-order valence-corrected chi connectivity index (χ3v) is 2.52. The molecule has 0 aliphatic heterocycles. The Balaban J connectivity index is 2.98. The van der Waals surface area contributed by atoms with Crippen molar-refractivity contribution in [2.75, 3.05) is 12.4 Å². The summed E-state index contributed by atoms with van der Waals surface area (Å²) in [6, 6.07) is 2.59. The molecule has 1 rings (SSSR count). The number of hydrogen-bond acceptors (Lipinski definition) is 1. The van der Waals surface area contributed by atoms with Crippen molar-refractivity contribution in [3.05, 3.63) is 27.2 Å². The van der Waals surface area contributed by atoms with Gasteiger partial charge in [-0.1, -0.05) is 34.8 Å². The molecule has 14 heavy (non-hydrogen) atoms. The van der Waals surface area contributed by atoms with Crippen LogP contribution in [0.1, 0.15) is 0 Å². The lowest BCUT2D eigenvalue weighted by Crippen LogP contribution is -2.24. The Labute approximate surface area is 96.3 Å². The molecule has 1 aromatic rings. The number of amides is 2. The lowest BCUT2D eigenvalue weighted by Gasteiger charge is -2.07. The molecule has 0 aliphatic rings. The zero-order chi connectivity index (χ0) is 10.7. The first-order valence-corrected chi connectivity index (χ1v) is 4.81. The van der Waals surface area contributed by atoms with Crippen LogP contribution in [0, 0.1) is 0 Å². The van der Waals surface area contributed by atoms with Crippen LogP contribution in [0.4, 0.5) is 10.5 Å². The highest BCUT2D eigenvalue weighted by Gasteiger charge is 2.07. The molecule has 0 spiro atoms. The number of carbonyl (C=O) groups excluding carboxylic acids is 1. The van der Waals surface area contributed by atoms with E-state index >= 15 is 0 Å². The van der Waals surface area contributed by atoms with E-state index < -0.39 is 0 Å². The van der Waals surface area contributed by atoms with Crippen LogP contribution < -0.4 is 10.6 Å². The first-order valence-electron chi connectivity index (χ1n) is 3.68. The molecule has 3 nitrogen and oxygen atoms in total. The Bertz CT molecular complexity index is 368. The van der Waals surface area contributed by atoms with Crippen LogP contribution in [-0.4, -0.2) is 13.1 Å². The highest BCUT2D eigenvalue weighted by molar-refractivity contribution is 6.44. The number of rotatable bonds is 1. The molecule has 0 fully saturated rings. The zero-order valence-corrected chi connectivity index (χ0v) is 9.46. The molecule has 76 valence electrons. The Kier molecular flexibility index (Phi) is 3.86. The van der Waals surface area contributed by atoms with E-state index in [1.54, 1.807) is 0 Å². The van der Waals surface area contributed by atoms with Gasteiger partial charge < -0.3 is 10.6 Å². The number of carbonyl (C=O) groups is 1. The van der Waals surface area contributed by atoms with Crippen molar-refractivity contribution in [2.45, 2.75) is 0 Å². The number of urea groups is 1. The maximum absolute atomic E-state index is 11.0. The second kappa shape index (κ2) is 4.73. The van der Waals surface area contributed by atoms with Crippen molar-refractivity contribution in [3.8, 4) is 0 Å². The molecule has 0 aliphatic carbocycles. The molecule has 0 saturated carbocycles. The third-order valence-electron chi connectivity index (χ3n) is 1.49. The number of benzene rings is 1. The summed E-state index contributed by atoms with van der Waals surface area (Å²) < 4.78 is 0. The topological polar surface area (TPSA) is 41.1 Å². The van der Waals surface area contributed by atoms with Crippen LogP contribution in [0.2, 0.25) is 15.1 Å². The summed E-state index contributed by atoms with van der Waals surface area (Å²) in [7, 11) is 1.50. The van der Waals surface area contributed by atoms with Crippen LogP contribution >= 0.6 is 34.8 Å². The average Bonchev–Trinajstić information content (AvgIpc) is 2.14. The number of anilines is 1. The summed E-state index contributed by atoms with van der Waals surface area (Å²) in [4.78, 5) is 11.0. The van der Waals surface area contributed by atoms with Crippen molar-refractivity contribution >= 4 is 46.5 Å². The Hall–Kier alpha value is -0.640. The molecule has 1 aromatic carbocycles. The summed E-state index contributed by atoms with van der Waals surface area (Å²) >= 11 is 17.3. The van der Waals surface area contributed by atoms with Gasteiger partial charge in [-0.05, 0) is 12.1 Å². The number of halogens is 3. The number of hydrogen-bond donors (Lipinski definition) is 2. The highest BCUT2D eigenvalue weighted by Crippen LogP contribution is 2.31. The van der Waals surface area contributed by atoms with E-state index in [9.17, 15) is 4.79 Å². The predicted molar refractivity (Wildman–Crippen MR) is 59.6 cm³/mol. The molecule has 0 radical (unpaired) electrons. The first kappa shape index (κ1) is 11.4. The summed E-state index contributed by atoms with van der Waals surface area (Å²) in [6.45, 7) is 0. The zero-order valence-electron chi connectivity index (χ0n) is 7.20. The molecule has 6 heteroatoms. The second-order valence-electron chi connectivity index (χ2n) is 2.45.